The van der Waals surface area contributed by atoms with E-state index < -0.39 is 18.0 Å². The first-order chi connectivity index (χ1) is 15.3. The van der Waals surface area contributed by atoms with Gasteiger partial charge in [-0.2, -0.15) is 0 Å². The largest absolute Gasteiger partial charge is 0.484 e. The van der Waals surface area contributed by atoms with Gasteiger partial charge in [0.15, 0.2) is 5.13 Å². The number of amides is 1. The molecule has 1 amide bonds. The van der Waals surface area contributed by atoms with E-state index >= 15 is 0 Å². The molecule has 10 heteroatoms. The standard InChI is InChI=1S/C22H14Cl3FN2O3S/c1-11(19-13(23)7-8-15(26)20(19)25)30-17-10-18-16(9-14(17)24)27-21(32-18)28-22(29)31-12-5-3-2-4-6-12/h2-11H,1H3,(H,27,28,29). The molecule has 0 bridgehead atoms. The Morgan fingerprint density at radius 3 is 2.59 bits per heavy atom. The van der Waals surface area contributed by atoms with Crippen LogP contribution in [0.1, 0.15) is 18.6 Å². The number of hydrogen-bond donors (Lipinski definition) is 1. The van der Waals surface area contributed by atoms with Gasteiger partial charge in [0.2, 0.25) is 0 Å². The van der Waals surface area contributed by atoms with Crippen molar-refractivity contribution in [2.24, 2.45) is 0 Å². The monoisotopic (exact) mass is 510 g/mol. The fourth-order valence-electron chi connectivity index (χ4n) is 2.95. The molecule has 1 aromatic heterocycles. The van der Waals surface area contributed by atoms with Crippen LogP contribution in [0.3, 0.4) is 0 Å². The number of thiazole rings is 1. The molecule has 0 aliphatic heterocycles. The first kappa shape index (κ1) is 22.6. The quantitative estimate of drug-likeness (QED) is 0.275. The third-order valence-electron chi connectivity index (χ3n) is 4.39. The number of fused-ring (bicyclic) bond motifs is 1. The number of para-hydroxylation sites is 1. The van der Waals surface area contributed by atoms with Crippen molar-refractivity contribution in [3.63, 3.8) is 0 Å². The average molecular weight is 512 g/mol. The minimum atomic E-state index is -0.674. The van der Waals surface area contributed by atoms with Crippen LogP contribution in [-0.4, -0.2) is 11.1 Å². The topological polar surface area (TPSA) is 60.5 Å². The Balaban J connectivity index is 1.54. The Morgan fingerprint density at radius 1 is 1.09 bits per heavy atom. The summed E-state index contributed by atoms with van der Waals surface area (Å²) in [6, 6.07) is 14.6. The first-order valence-electron chi connectivity index (χ1n) is 9.26. The van der Waals surface area contributed by atoms with Crippen molar-refractivity contribution >= 4 is 67.6 Å². The lowest BCUT2D eigenvalue weighted by Gasteiger charge is -2.18. The van der Waals surface area contributed by atoms with Crippen LogP contribution in [0.5, 0.6) is 11.5 Å². The second kappa shape index (κ2) is 9.50. The number of rotatable bonds is 5. The molecule has 0 fully saturated rings. The van der Waals surface area contributed by atoms with Crippen LogP contribution < -0.4 is 14.8 Å². The summed E-state index contributed by atoms with van der Waals surface area (Å²) in [7, 11) is 0. The number of carbonyl (C=O) groups is 1. The second-order valence-electron chi connectivity index (χ2n) is 6.61. The van der Waals surface area contributed by atoms with E-state index in [2.05, 4.69) is 10.3 Å². The van der Waals surface area contributed by atoms with Gasteiger partial charge in [0.05, 0.1) is 20.3 Å². The minimum absolute atomic E-state index is 0.108. The molecular formula is C22H14Cl3FN2O3S. The van der Waals surface area contributed by atoms with Crippen LogP contribution in [0.4, 0.5) is 14.3 Å². The second-order valence-corrected chi connectivity index (χ2v) is 8.84. The van der Waals surface area contributed by atoms with Crippen LogP contribution in [0, 0.1) is 5.82 Å². The van der Waals surface area contributed by atoms with Gasteiger partial charge in [-0.25, -0.2) is 14.2 Å². The zero-order valence-corrected chi connectivity index (χ0v) is 19.4. The van der Waals surface area contributed by atoms with Crippen LogP contribution in [-0.2, 0) is 0 Å². The normalized spacial score (nSPS) is 11.9. The van der Waals surface area contributed by atoms with E-state index in [1.165, 1.54) is 23.5 Å². The van der Waals surface area contributed by atoms with Crippen LogP contribution in [0.15, 0.2) is 54.6 Å². The SMILES string of the molecule is CC(Oc1cc2sc(NC(=O)Oc3ccccc3)nc2cc1Cl)c1c(Cl)ccc(F)c1Cl. The van der Waals surface area contributed by atoms with E-state index in [-0.39, 0.29) is 15.1 Å². The Bertz CT molecular complexity index is 1300. The molecule has 4 aromatic rings. The van der Waals surface area contributed by atoms with Gasteiger partial charge in [-0.05, 0) is 37.3 Å². The zero-order chi connectivity index (χ0) is 22.8. The summed E-state index contributed by atoms with van der Waals surface area (Å²) < 4.78 is 25.7. The number of nitrogens with one attached hydrogen (secondary N) is 1. The summed E-state index contributed by atoms with van der Waals surface area (Å²) in [5.41, 5.74) is 0.886. The Morgan fingerprint density at radius 2 is 1.84 bits per heavy atom. The highest BCUT2D eigenvalue weighted by atomic mass is 35.5. The summed E-state index contributed by atoms with van der Waals surface area (Å²) in [4.78, 5) is 16.5. The number of aromatic nitrogens is 1. The van der Waals surface area contributed by atoms with Gasteiger partial charge in [-0.15, -0.1) is 0 Å². The lowest BCUT2D eigenvalue weighted by Crippen LogP contribution is -2.16. The fraction of sp³-hybridized carbons (Fsp3) is 0.0909. The molecule has 0 saturated heterocycles. The van der Waals surface area contributed by atoms with Crippen molar-refractivity contribution in [1.29, 1.82) is 0 Å². The lowest BCUT2D eigenvalue weighted by molar-refractivity contribution is 0.215. The van der Waals surface area contributed by atoms with Gasteiger partial charge in [-0.3, -0.25) is 5.32 Å². The molecule has 0 aliphatic rings. The molecule has 0 spiro atoms. The van der Waals surface area contributed by atoms with Crippen molar-refractivity contribution in [3.05, 3.63) is 81.0 Å². The lowest BCUT2D eigenvalue weighted by atomic mass is 10.1. The highest BCUT2D eigenvalue weighted by Gasteiger charge is 2.20. The molecule has 1 N–H and O–H groups in total. The van der Waals surface area contributed by atoms with Gasteiger partial charge >= 0.3 is 6.09 Å². The van der Waals surface area contributed by atoms with Crippen LogP contribution in [0.2, 0.25) is 15.1 Å². The summed E-state index contributed by atoms with van der Waals surface area (Å²) in [6.45, 7) is 1.69. The number of anilines is 1. The summed E-state index contributed by atoms with van der Waals surface area (Å²) in [5.74, 6) is 0.155. The van der Waals surface area contributed by atoms with Gasteiger partial charge in [-0.1, -0.05) is 64.3 Å². The highest BCUT2D eigenvalue weighted by molar-refractivity contribution is 7.22. The Kier molecular flexibility index (Phi) is 6.71. The van der Waals surface area contributed by atoms with Gasteiger partial charge in [0.1, 0.15) is 23.4 Å². The van der Waals surface area contributed by atoms with Gasteiger partial charge in [0.25, 0.3) is 0 Å². The maximum absolute atomic E-state index is 13.9. The molecule has 3 aromatic carbocycles. The van der Waals surface area contributed by atoms with E-state index in [0.717, 1.165) is 0 Å². The van der Waals surface area contributed by atoms with Crippen molar-refractivity contribution in [2.45, 2.75) is 13.0 Å². The van der Waals surface area contributed by atoms with Gasteiger partial charge in [0, 0.05) is 16.7 Å². The van der Waals surface area contributed by atoms with Gasteiger partial charge < -0.3 is 9.47 Å². The fourth-order valence-corrected chi connectivity index (χ4v) is 4.69. The number of benzene rings is 3. The van der Waals surface area contributed by atoms with Crippen molar-refractivity contribution < 1.29 is 18.7 Å². The van der Waals surface area contributed by atoms with Crippen LogP contribution >= 0.6 is 46.1 Å². The molecule has 164 valence electrons. The predicted molar refractivity (Wildman–Crippen MR) is 126 cm³/mol. The molecule has 1 unspecified atom stereocenters. The van der Waals surface area contributed by atoms with E-state index in [4.69, 9.17) is 44.3 Å². The van der Waals surface area contributed by atoms with E-state index in [9.17, 15) is 9.18 Å². The van der Waals surface area contributed by atoms with E-state index in [1.807, 2.05) is 6.07 Å². The number of ether oxygens (including phenoxy) is 2. The highest BCUT2D eigenvalue weighted by Crippen LogP contribution is 2.39. The Hall–Kier alpha value is -2.58. The maximum atomic E-state index is 13.9. The average Bonchev–Trinajstić information content (AvgIpc) is 3.12. The van der Waals surface area contributed by atoms with Crippen LogP contribution in [0.25, 0.3) is 10.2 Å². The molecule has 5 nitrogen and oxygen atoms in total. The number of hydrogen-bond acceptors (Lipinski definition) is 5. The number of nitrogens with zero attached hydrogens (tertiary/aromatic N) is 1. The minimum Gasteiger partial charge on any atom is -0.484 e. The summed E-state index contributed by atoms with van der Waals surface area (Å²) in [6.07, 6.45) is -1.34. The van der Waals surface area contributed by atoms with Crippen molar-refractivity contribution in [3.8, 4) is 11.5 Å². The summed E-state index contributed by atoms with van der Waals surface area (Å²) >= 11 is 19.8. The molecule has 0 radical (unpaired) electrons. The third-order valence-corrected chi connectivity index (χ3v) is 6.34. The zero-order valence-electron chi connectivity index (χ0n) is 16.4. The molecule has 0 saturated carbocycles. The molecular weight excluding hydrogens is 498 g/mol. The number of carbonyl (C=O) groups excluding carboxylic acids is 1. The first-order valence-corrected chi connectivity index (χ1v) is 11.2. The Labute approximate surface area is 201 Å². The predicted octanol–water partition coefficient (Wildman–Crippen LogP) is 8.15. The molecule has 0 aliphatic carbocycles. The summed E-state index contributed by atoms with van der Waals surface area (Å²) in [5, 5.41) is 3.38. The van der Waals surface area contributed by atoms with E-state index in [1.54, 1.807) is 43.3 Å². The molecule has 4 rings (SSSR count). The smallest absolute Gasteiger partial charge is 0.418 e. The van der Waals surface area contributed by atoms with E-state index in [0.29, 0.717) is 32.4 Å². The maximum Gasteiger partial charge on any atom is 0.418 e. The molecule has 1 heterocycles. The molecule has 1 atom stereocenters. The van der Waals surface area contributed by atoms with Crippen molar-refractivity contribution in [2.75, 3.05) is 5.32 Å². The number of halogens is 4. The molecule has 32 heavy (non-hydrogen) atoms. The van der Waals surface area contributed by atoms with Crippen molar-refractivity contribution in [1.82, 2.24) is 4.98 Å². The third kappa shape index (κ3) is 4.91.